The topological polar surface area (TPSA) is 88.5 Å². The summed E-state index contributed by atoms with van der Waals surface area (Å²) in [6.45, 7) is 15.1. The van der Waals surface area contributed by atoms with Crippen LogP contribution in [0.1, 0.15) is 100.0 Å². The van der Waals surface area contributed by atoms with Gasteiger partial charge in [0.2, 0.25) is 0 Å². The molecule has 258 valence electrons. The SMILES string of the molecule is Cc1ccc(-n2nc(C(C)(C)C)cc2NC(=O)Nc2cccc(CC3CC4CCC(C3)N4C(=O)c3ccc(COC(C)(C)C)cc3)c2)cc1. The number of anilines is 2. The summed E-state index contributed by atoms with van der Waals surface area (Å²) in [5.74, 6) is 1.25. The zero-order valence-electron chi connectivity index (χ0n) is 30.0. The number of amides is 3. The van der Waals surface area contributed by atoms with Crippen molar-refractivity contribution in [2.45, 2.75) is 110 Å². The molecule has 2 atom stereocenters. The Balaban J connectivity index is 1.07. The highest BCUT2D eigenvalue weighted by molar-refractivity contribution is 5.99. The first-order valence-electron chi connectivity index (χ1n) is 17.6. The molecular weight excluding hydrogens is 610 g/mol. The summed E-state index contributed by atoms with van der Waals surface area (Å²) in [5.41, 5.74) is 6.34. The number of rotatable bonds is 8. The standard InChI is InChI=1S/C41H51N5O3/c1-27-11-17-33(18-12-27)46-37(25-36(44-46)40(2,3)4)43-39(48)42-32-10-8-9-29(22-32)21-30-23-34-19-20-35(24-30)45(34)38(47)31-15-13-28(14-16-31)26-49-41(5,6)7/h8-18,22,25,30,34-35H,19-21,23-24,26H2,1-7H3,(H2,42,43,48). The summed E-state index contributed by atoms with van der Waals surface area (Å²) in [6, 6.07) is 26.3. The number of nitrogens with zero attached hydrogens (tertiary/aromatic N) is 3. The van der Waals surface area contributed by atoms with Crippen molar-refractivity contribution < 1.29 is 14.3 Å². The summed E-state index contributed by atoms with van der Waals surface area (Å²) in [5, 5.41) is 10.9. The number of carbonyl (C=O) groups is 2. The lowest BCUT2D eigenvalue weighted by Gasteiger charge is -2.39. The third-order valence-electron chi connectivity index (χ3n) is 9.65. The van der Waals surface area contributed by atoms with Crippen LogP contribution in [0.4, 0.5) is 16.3 Å². The Bertz CT molecular complexity index is 1770. The molecule has 0 aliphatic carbocycles. The van der Waals surface area contributed by atoms with Crippen molar-refractivity contribution in [1.82, 2.24) is 14.7 Å². The fraction of sp³-hybridized carbons (Fsp3) is 0.439. The van der Waals surface area contributed by atoms with Crippen molar-refractivity contribution in [1.29, 1.82) is 0 Å². The molecule has 4 aromatic rings. The first-order valence-corrected chi connectivity index (χ1v) is 17.6. The fourth-order valence-corrected chi connectivity index (χ4v) is 7.09. The normalized spacial score (nSPS) is 19.2. The van der Waals surface area contributed by atoms with Gasteiger partial charge in [0.1, 0.15) is 5.82 Å². The molecule has 3 heterocycles. The van der Waals surface area contributed by atoms with Crippen LogP contribution in [0.25, 0.3) is 5.69 Å². The number of hydrogen-bond acceptors (Lipinski definition) is 4. The van der Waals surface area contributed by atoms with E-state index in [9.17, 15) is 9.59 Å². The summed E-state index contributed by atoms with van der Waals surface area (Å²) in [6.07, 6.45) is 5.03. The highest BCUT2D eigenvalue weighted by Gasteiger charge is 2.43. The number of aryl methyl sites for hydroxylation is 1. The predicted octanol–water partition coefficient (Wildman–Crippen LogP) is 9.06. The van der Waals surface area contributed by atoms with E-state index in [0.29, 0.717) is 18.3 Å². The molecule has 8 nitrogen and oxygen atoms in total. The molecular formula is C41H51N5O3. The van der Waals surface area contributed by atoms with Crippen molar-refractivity contribution in [2.24, 2.45) is 5.92 Å². The summed E-state index contributed by atoms with van der Waals surface area (Å²) < 4.78 is 7.69. The van der Waals surface area contributed by atoms with E-state index in [0.717, 1.165) is 65.9 Å². The zero-order valence-corrected chi connectivity index (χ0v) is 30.0. The van der Waals surface area contributed by atoms with E-state index in [-0.39, 0.29) is 35.0 Å². The van der Waals surface area contributed by atoms with Gasteiger partial charge in [-0.1, -0.05) is 62.7 Å². The van der Waals surface area contributed by atoms with E-state index >= 15 is 0 Å². The molecule has 2 N–H and O–H groups in total. The second kappa shape index (κ2) is 13.8. The first-order chi connectivity index (χ1) is 23.2. The van der Waals surface area contributed by atoms with Crippen molar-refractivity contribution in [3.8, 4) is 5.69 Å². The van der Waals surface area contributed by atoms with E-state index in [4.69, 9.17) is 9.84 Å². The van der Waals surface area contributed by atoms with E-state index in [1.165, 1.54) is 5.56 Å². The highest BCUT2D eigenvalue weighted by Crippen LogP contribution is 2.41. The predicted molar refractivity (Wildman–Crippen MR) is 196 cm³/mol. The van der Waals surface area contributed by atoms with Gasteiger partial charge in [-0.05, 0) is 113 Å². The van der Waals surface area contributed by atoms with Gasteiger partial charge in [-0.15, -0.1) is 0 Å². The molecule has 2 aliphatic heterocycles. The van der Waals surface area contributed by atoms with Gasteiger partial charge in [0.15, 0.2) is 0 Å². The molecule has 2 fully saturated rings. The number of ether oxygens (including phenoxy) is 1. The zero-order chi connectivity index (χ0) is 34.9. The molecule has 2 bridgehead atoms. The summed E-state index contributed by atoms with van der Waals surface area (Å²) in [7, 11) is 0. The third kappa shape index (κ3) is 8.42. The number of aromatic nitrogens is 2. The van der Waals surface area contributed by atoms with E-state index in [1.807, 2.05) is 87.5 Å². The average Bonchev–Trinajstić information content (AvgIpc) is 3.58. The fourth-order valence-electron chi connectivity index (χ4n) is 7.09. The minimum Gasteiger partial charge on any atom is -0.371 e. The van der Waals surface area contributed by atoms with Crippen molar-refractivity contribution in [3.05, 3.63) is 107 Å². The van der Waals surface area contributed by atoms with Gasteiger partial charge in [0.05, 0.1) is 23.6 Å². The molecule has 1 aromatic heterocycles. The van der Waals surface area contributed by atoms with Gasteiger partial charge in [-0.2, -0.15) is 5.10 Å². The van der Waals surface area contributed by atoms with Crippen LogP contribution in [0.2, 0.25) is 0 Å². The highest BCUT2D eigenvalue weighted by atomic mass is 16.5. The smallest absolute Gasteiger partial charge is 0.324 e. The molecule has 8 heteroatoms. The molecule has 3 amide bonds. The quantitative estimate of drug-likeness (QED) is 0.197. The maximum absolute atomic E-state index is 13.6. The van der Waals surface area contributed by atoms with E-state index in [1.54, 1.807) is 4.68 Å². The van der Waals surface area contributed by atoms with Crippen LogP contribution < -0.4 is 10.6 Å². The molecule has 49 heavy (non-hydrogen) atoms. The number of nitrogens with one attached hydrogen (secondary N) is 2. The Labute approximate surface area is 291 Å². The van der Waals surface area contributed by atoms with Crippen LogP contribution in [0, 0.1) is 12.8 Å². The Kier molecular flexibility index (Phi) is 9.72. The van der Waals surface area contributed by atoms with Gasteiger partial charge in [-0.3, -0.25) is 10.1 Å². The summed E-state index contributed by atoms with van der Waals surface area (Å²) >= 11 is 0. The van der Waals surface area contributed by atoms with Crippen molar-refractivity contribution in [2.75, 3.05) is 10.6 Å². The number of fused-ring (bicyclic) bond motifs is 2. The average molecular weight is 662 g/mol. The van der Waals surface area contributed by atoms with Gasteiger partial charge in [0.25, 0.3) is 5.91 Å². The Hall–Kier alpha value is -4.43. The molecule has 2 aliphatic rings. The lowest BCUT2D eigenvalue weighted by molar-refractivity contribution is -0.0149. The molecule has 0 radical (unpaired) electrons. The Morgan fingerprint density at radius 3 is 2.14 bits per heavy atom. The van der Waals surface area contributed by atoms with Crippen LogP contribution >= 0.6 is 0 Å². The number of benzene rings is 3. The van der Waals surface area contributed by atoms with Gasteiger partial charge < -0.3 is 15.0 Å². The van der Waals surface area contributed by atoms with Crippen LogP contribution in [0.3, 0.4) is 0 Å². The first kappa shape index (κ1) is 34.4. The number of hydrogen-bond donors (Lipinski definition) is 2. The maximum Gasteiger partial charge on any atom is 0.324 e. The van der Waals surface area contributed by atoms with E-state index < -0.39 is 0 Å². The van der Waals surface area contributed by atoms with E-state index in [2.05, 4.69) is 55.4 Å². The lowest BCUT2D eigenvalue weighted by atomic mass is 9.85. The van der Waals surface area contributed by atoms with Gasteiger partial charge >= 0.3 is 6.03 Å². The molecule has 2 saturated heterocycles. The number of urea groups is 1. The Morgan fingerprint density at radius 2 is 1.51 bits per heavy atom. The minimum atomic E-state index is -0.314. The van der Waals surface area contributed by atoms with Crippen LogP contribution in [-0.4, -0.2) is 44.3 Å². The van der Waals surface area contributed by atoms with Crippen LogP contribution in [-0.2, 0) is 23.2 Å². The minimum absolute atomic E-state index is 0.143. The molecule has 0 saturated carbocycles. The Morgan fingerprint density at radius 1 is 0.837 bits per heavy atom. The van der Waals surface area contributed by atoms with Crippen molar-refractivity contribution in [3.63, 3.8) is 0 Å². The second-order valence-corrected chi connectivity index (χ2v) is 15.9. The largest absolute Gasteiger partial charge is 0.371 e. The molecule has 0 spiro atoms. The lowest BCUT2D eigenvalue weighted by Crippen LogP contribution is -2.46. The molecule has 2 unspecified atom stereocenters. The third-order valence-corrected chi connectivity index (χ3v) is 9.65. The van der Waals surface area contributed by atoms with Gasteiger partial charge in [-0.25, -0.2) is 9.48 Å². The second-order valence-electron chi connectivity index (χ2n) is 15.9. The van der Waals surface area contributed by atoms with Crippen molar-refractivity contribution >= 4 is 23.4 Å². The summed E-state index contributed by atoms with van der Waals surface area (Å²) in [4.78, 5) is 29.1. The monoisotopic (exact) mass is 661 g/mol. The van der Waals surface area contributed by atoms with Crippen LogP contribution in [0.5, 0.6) is 0 Å². The van der Waals surface area contributed by atoms with Crippen LogP contribution in [0.15, 0.2) is 78.9 Å². The molecule has 3 aromatic carbocycles. The van der Waals surface area contributed by atoms with Gasteiger partial charge in [0, 0.05) is 34.8 Å². The number of carbonyl (C=O) groups excluding carboxylic acids is 2. The maximum atomic E-state index is 13.6. The molecule has 6 rings (SSSR count). The number of piperidine rings is 1.